The molecule has 3 aromatic rings. The Morgan fingerprint density at radius 3 is 1.79 bits per heavy atom. The summed E-state index contributed by atoms with van der Waals surface area (Å²) in [7, 11) is 0. The predicted octanol–water partition coefficient (Wildman–Crippen LogP) is 1.84. The maximum atomic E-state index is 13.5. The van der Waals surface area contributed by atoms with Crippen molar-refractivity contribution >= 4 is 18.0 Å². The van der Waals surface area contributed by atoms with Crippen molar-refractivity contribution in [1.82, 2.24) is 0 Å². The van der Waals surface area contributed by atoms with Gasteiger partial charge in [0, 0.05) is 11.1 Å². The van der Waals surface area contributed by atoms with Gasteiger partial charge in [0.2, 0.25) is 17.8 Å². The highest BCUT2D eigenvalue weighted by molar-refractivity contribution is 6.08. The minimum Gasteiger partial charge on any atom is -0.504 e. The Labute approximate surface area is 242 Å². The van der Waals surface area contributed by atoms with Crippen LogP contribution in [0.2, 0.25) is 0 Å². The Balaban J connectivity index is 1.63. The van der Waals surface area contributed by atoms with Crippen molar-refractivity contribution in [3.05, 3.63) is 59.2 Å². The van der Waals surface area contributed by atoms with E-state index in [-0.39, 0.29) is 5.75 Å². The zero-order valence-corrected chi connectivity index (χ0v) is 22.2. The zero-order chi connectivity index (χ0) is 31.2. The Kier molecular flexibility index (Phi) is 7.67. The minimum absolute atomic E-state index is 0.228. The molecule has 0 aliphatic carbocycles. The number of rotatable bonds is 4. The standard InChI is InChI=1S/C29H26O14/c1-2-3-11-4-6-12(7-5-11)40-29-24(37)26-25(17(10-30)41-29)42-27(38)13-8-15(31)20(33)22(35)18(13)19-14(28(39)43-26)9-16(32)21(34)23(19)36/h2-9,17,24-26,29-37H,10H2,1H3/b3-2+/t17-,24-,25-,26-,29-/m1/s1. The van der Waals surface area contributed by atoms with Gasteiger partial charge in [-0.3, -0.25) is 0 Å². The third-order valence-corrected chi connectivity index (χ3v) is 6.97. The molecule has 1 fully saturated rings. The Bertz CT molecular complexity index is 1610. The number of hydrogen-bond acceptors (Lipinski definition) is 14. The molecule has 0 unspecified atom stereocenters. The van der Waals surface area contributed by atoms with Gasteiger partial charge in [0.1, 0.15) is 11.9 Å². The van der Waals surface area contributed by atoms with Gasteiger partial charge in [-0.15, -0.1) is 0 Å². The van der Waals surface area contributed by atoms with Crippen LogP contribution in [0, 0.1) is 0 Å². The second-order valence-electron chi connectivity index (χ2n) is 9.67. The first-order valence-corrected chi connectivity index (χ1v) is 12.8. The number of ether oxygens (including phenoxy) is 4. The van der Waals surface area contributed by atoms with Crippen molar-refractivity contribution in [2.45, 2.75) is 37.6 Å². The van der Waals surface area contributed by atoms with Gasteiger partial charge in [-0.2, -0.15) is 0 Å². The molecule has 8 N–H and O–H groups in total. The molecule has 2 heterocycles. The van der Waals surface area contributed by atoms with Crippen molar-refractivity contribution < 1.29 is 69.4 Å². The summed E-state index contributed by atoms with van der Waals surface area (Å²) in [6.07, 6.45) is -4.72. The number of phenols is 6. The topological polar surface area (TPSA) is 233 Å². The number of aliphatic hydroxyl groups is 2. The van der Waals surface area contributed by atoms with Crippen LogP contribution in [0.1, 0.15) is 33.2 Å². The van der Waals surface area contributed by atoms with E-state index in [1.807, 2.05) is 19.1 Å². The summed E-state index contributed by atoms with van der Waals surface area (Å²) >= 11 is 0. The third kappa shape index (κ3) is 5.07. The average Bonchev–Trinajstić information content (AvgIpc) is 2.98. The van der Waals surface area contributed by atoms with Crippen molar-refractivity contribution in [1.29, 1.82) is 0 Å². The highest BCUT2D eigenvalue weighted by atomic mass is 16.7. The molecule has 2 aliphatic rings. The van der Waals surface area contributed by atoms with Gasteiger partial charge in [-0.25, -0.2) is 9.59 Å². The third-order valence-electron chi connectivity index (χ3n) is 6.97. The van der Waals surface area contributed by atoms with E-state index in [0.717, 1.165) is 5.56 Å². The van der Waals surface area contributed by atoms with E-state index >= 15 is 0 Å². The van der Waals surface area contributed by atoms with Gasteiger partial charge in [0.15, 0.2) is 41.3 Å². The first-order chi connectivity index (χ1) is 20.5. The molecule has 1 saturated heterocycles. The monoisotopic (exact) mass is 598 g/mol. The molecular formula is C29H26O14. The number of phenolic OH excluding ortho intramolecular Hbond substituents is 6. The maximum absolute atomic E-state index is 13.5. The Morgan fingerprint density at radius 2 is 1.30 bits per heavy atom. The summed E-state index contributed by atoms with van der Waals surface area (Å²) in [5.41, 5.74) is -2.18. The number of fused-ring (bicyclic) bond motifs is 4. The normalized spacial score (nSPS) is 23.5. The van der Waals surface area contributed by atoms with E-state index in [9.17, 15) is 50.4 Å². The first kappa shape index (κ1) is 29.3. The van der Waals surface area contributed by atoms with Crippen molar-refractivity contribution in [3.8, 4) is 51.4 Å². The number of allylic oxidation sites excluding steroid dienone is 1. The van der Waals surface area contributed by atoms with Gasteiger partial charge < -0.3 is 59.8 Å². The molecule has 14 nitrogen and oxygen atoms in total. The lowest BCUT2D eigenvalue weighted by Gasteiger charge is -2.43. The highest BCUT2D eigenvalue weighted by Crippen LogP contribution is 2.53. The van der Waals surface area contributed by atoms with Crippen LogP contribution in [0.5, 0.6) is 40.2 Å². The van der Waals surface area contributed by atoms with Crippen LogP contribution in [-0.4, -0.2) is 90.1 Å². The van der Waals surface area contributed by atoms with Crippen LogP contribution in [0.4, 0.5) is 0 Å². The van der Waals surface area contributed by atoms with E-state index in [2.05, 4.69) is 0 Å². The molecule has 0 saturated carbocycles. The summed E-state index contributed by atoms with van der Waals surface area (Å²) in [4.78, 5) is 27.0. The van der Waals surface area contributed by atoms with E-state index < -0.39 is 106 Å². The molecule has 5 rings (SSSR count). The number of hydrogen-bond donors (Lipinski definition) is 8. The maximum Gasteiger partial charge on any atom is 0.339 e. The lowest BCUT2D eigenvalue weighted by molar-refractivity contribution is -0.276. The second-order valence-corrected chi connectivity index (χ2v) is 9.67. The molecule has 14 heteroatoms. The van der Waals surface area contributed by atoms with E-state index in [1.165, 1.54) is 0 Å². The lowest BCUT2D eigenvalue weighted by atomic mass is 9.91. The number of carbonyl (C=O) groups excluding carboxylic acids is 2. The summed E-state index contributed by atoms with van der Waals surface area (Å²) < 4.78 is 22.4. The van der Waals surface area contributed by atoms with Gasteiger partial charge in [0.05, 0.1) is 17.7 Å². The summed E-state index contributed by atoms with van der Waals surface area (Å²) in [6.45, 7) is 1.01. The van der Waals surface area contributed by atoms with E-state index in [4.69, 9.17) is 18.9 Å². The zero-order valence-electron chi connectivity index (χ0n) is 22.2. The van der Waals surface area contributed by atoms with Gasteiger partial charge in [0.25, 0.3) is 0 Å². The number of aromatic hydroxyl groups is 6. The molecule has 43 heavy (non-hydrogen) atoms. The van der Waals surface area contributed by atoms with Crippen LogP contribution in [0.15, 0.2) is 42.5 Å². The number of carbonyl (C=O) groups is 2. The molecule has 0 amide bonds. The Hall–Kier alpha value is -5.18. The summed E-state index contributed by atoms with van der Waals surface area (Å²) in [5.74, 6) is -9.24. The smallest absolute Gasteiger partial charge is 0.339 e. The van der Waals surface area contributed by atoms with Gasteiger partial charge >= 0.3 is 11.9 Å². The fourth-order valence-electron chi connectivity index (χ4n) is 4.89. The molecular weight excluding hydrogens is 572 g/mol. The molecule has 0 bridgehead atoms. The molecule has 226 valence electrons. The summed E-state index contributed by atoms with van der Waals surface area (Å²) in [5, 5.41) is 83.4. The predicted molar refractivity (Wildman–Crippen MR) is 144 cm³/mol. The fraction of sp³-hybridized carbons (Fsp3) is 0.241. The Morgan fingerprint density at radius 1 is 0.791 bits per heavy atom. The highest BCUT2D eigenvalue weighted by Gasteiger charge is 2.52. The fourth-order valence-corrected chi connectivity index (χ4v) is 4.89. The minimum atomic E-state index is -1.86. The number of aliphatic hydroxyl groups excluding tert-OH is 2. The van der Waals surface area contributed by atoms with Crippen molar-refractivity contribution in [2.75, 3.05) is 6.61 Å². The first-order valence-electron chi connectivity index (χ1n) is 12.8. The van der Waals surface area contributed by atoms with Crippen molar-refractivity contribution in [3.63, 3.8) is 0 Å². The van der Waals surface area contributed by atoms with E-state index in [1.54, 1.807) is 24.3 Å². The van der Waals surface area contributed by atoms with Crippen LogP contribution in [-0.2, 0) is 14.2 Å². The van der Waals surface area contributed by atoms with Gasteiger partial charge in [-0.05, 0) is 36.8 Å². The largest absolute Gasteiger partial charge is 0.504 e. The van der Waals surface area contributed by atoms with Crippen LogP contribution < -0.4 is 4.74 Å². The van der Waals surface area contributed by atoms with Gasteiger partial charge in [-0.1, -0.05) is 24.3 Å². The lowest BCUT2D eigenvalue weighted by Crippen LogP contribution is -2.62. The average molecular weight is 599 g/mol. The summed E-state index contributed by atoms with van der Waals surface area (Å²) in [6, 6.07) is 7.88. The van der Waals surface area contributed by atoms with Crippen LogP contribution >= 0.6 is 0 Å². The number of benzene rings is 3. The SMILES string of the molecule is C/C=C/c1ccc(O[C@@H]2O[C@H](CO)[C@H]3OC(=O)c4cc(O)c(O)c(O)c4-c4c(cc(O)c(O)c4O)C(=O)O[C@@H]3[C@H]2O)cc1. The molecule has 0 spiro atoms. The molecule has 0 aromatic heterocycles. The van der Waals surface area contributed by atoms with E-state index in [0.29, 0.717) is 12.1 Å². The molecule has 0 radical (unpaired) electrons. The quantitative estimate of drug-likeness (QED) is 0.158. The van der Waals surface area contributed by atoms with Crippen LogP contribution in [0.3, 0.4) is 0 Å². The van der Waals surface area contributed by atoms with Crippen LogP contribution in [0.25, 0.3) is 17.2 Å². The molecule has 5 atom stereocenters. The molecule has 2 aliphatic heterocycles. The van der Waals surface area contributed by atoms with Crippen molar-refractivity contribution in [2.24, 2.45) is 0 Å². The second kappa shape index (κ2) is 11.2. The number of esters is 2. The molecule has 3 aromatic carbocycles.